The third kappa shape index (κ3) is 3.79. The Bertz CT molecular complexity index is 681. The number of anilines is 1. The van der Waals surface area contributed by atoms with Crippen molar-refractivity contribution >= 4 is 11.7 Å². The van der Waals surface area contributed by atoms with Crippen molar-refractivity contribution in [1.29, 1.82) is 0 Å². The third-order valence-electron chi connectivity index (χ3n) is 3.87. The number of aryl methyl sites for hydroxylation is 2. The number of carbonyl (C=O) groups excluding carboxylic acids is 1. The van der Waals surface area contributed by atoms with E-state index in [2.05, 4.69) is 10.6 Å². The molecule has 0 spiro atoms. The van der Waals surface area contributed by atoms with Gasteiger partial charge in [-0.2, -0.15) is 0 Å². The Morgan fingerprint density at radius 1 is 0.955 bits per heavy atom. The number of carbonyl (C=O) groups is 1. The van der Waals surface area contributed by atoms with Gasteiger partial charge in [0.2, 0.25) is 0 Å². The van der Waals surface area contributed by atoms with Crippen LogP contribution >= 0.6 is 0 Å². The lowest BCUT2D eigenvalue weighted by atomic mass is 10.1. The van der Waals surface area contributed by atoms with Crippen molar-refractivity contribution in [3.8, 4) is 5.75 Å². The first-order valence-electron chi connectivity index (χ1n) is 7.29. The van der Waals surface area contributed by atoms with Gasteiger partial charge in [0.15, 0.2) is 6.73 Å². The molecule has 0 aliphatic heterocycles. The van der Waals surface area contributed by atoms with Crippen LogP contribution in [0.4, 0.5) is 10.5 Å². The summed E-state index contributed by atoms with van der Waals surface area (Å²) < 4.78 is 5.61. The first-order valence-corrected chi connectivity index (χ1v) is 7.29. The Morgan fingerprint density at radius 2 is 1.59 bits per heavy atom. The van der Waals surface area contributed by atoms with E-state index in [1.165, 1.54) is 0 Å². The van der Waals surface area contributed by atoms with Gasteiger partial charge in [-0.25, -0.2) is 4.79 Å². The Labute approximate surface area is 131 Å². The van der Waals surface area contributed by atoms with Gasteiger partial charge in [-0.1, -0.05) is 24.3 Å². The summed E-state index contributed by atoms with van der Waals surface area (Å²) in [6.45, 7) is 8.16. The summed E-state index contributed by atoms with van der Waals surface area (Å²) in [6, 6.07) is 11.4. The Morgan fingerprint density at radius 3 is 2.32 bits per heavy atom. The van der Waals surface area contributed by atoms with E-state index in [-0.39, 0.29) is 12.8 Å². The van der Waals surface area contributed by atoms with E-state index in [1.54, 1.807) is 0 Å². The lowest BCUT2D eigenvalue weighted by molar-refractivity contribution is 0.234. The summed E-state index contributed by atoms with van der Waals surface area (Å²) in [6.07, 6.45) is 0. The fourth-order valence-corrected chi connectivity index (χ4v) is 2.11. The van der Waals surface area contributed by atoms with Gasteiger partial charge in [0.25, 0.3) is 0 Å². The lowest BCUT2D eigenvalue weighted by Gasteiger charge is -2.13. The Balaban J connectivity index is 1.88. The normalized spacial score (nSPS) is 10.2. The van der Waals surface area contributed by atoms with Crippen LogP contribution in [0.2, 0.25) is 0 Å². The monoisotopic (exact) mass is 298 g/mol. The molecule has 2 aromatic carbocycles. The second kappa shape index (κ2) is 6.98. The van der Waals surface area contributed by atoms with E-state index >= 15 is 0 Å². The number of ether oxygens (including phenoxy) is 1. The molecule has 0 aliphatic carbocycles. The van der Waals surface area contributed by atoms with E-state index in [0.29, 0.717) is 0 Å². The molecule has 0 heterocycles. The van der Waals surface area contributed by atoms with Crippen molar-refractivity contribution in [2.24, 2.45) is 0 Å². The fourth-order valence-electron chi connectivity index (χ4n) is 2.11. The van der Waals surface area contributed by atoms with Crippen LogP contribution in [0.5, 0.6) is 5.75 Å². The minimum atomic E-state index is -0.279. The highest BCUT2D eigenvalue weighted by atomic mass is 16.5. The molecular formula is C18H22N2O2. The molecule has 0 unspecified atom stereocenters. The van der Waals surface area contributed by atoms with Crippen LogP contribution in [-0.2, 0) is 0 Å². The summed E-state index contributed by atoms with van der Waals surface area (Å²) in [4.78, 5) is 11.9. The zero-order valence-corrected chi connectivity index (χ0v) is 13.5. The van der Waals surface area contributed by atoms with Gasteiger partial charge >= 0.3 is 6.03 Å². The summed E-state index contributed by atoms with van der Waals surface area (Å²) in [7, 11) is 0. The first-order chi connectivity index (χ1) is 10.5. The molecule has 0 saturated carbocycles. The van der Waals surface area contributed by atoms with Gasteiger partial charge in [0.05, 0.1) is 0 Å². The van der Waals surface area contributed by atoms with Crippen LogP contribution in [-0.4, -0.2) is 12.8 Å². The number of nitrogens with one attached hydrogen (secondary N) is 2. The van der Waals surface area contributed by atoms with Crippen molar-refractivity contribution in [2.75, 3.05) is 12.0 Å². The number of hydrogen-bond donors (Lipinski definition) is 2. The van der Waals surface area contributed by atoms with Crippen LogP contribution in [0.1, 0.15) is 22.3 Å². The zero-order valence-electron chi connectivity index (χ0n) is 13.5. The van der Waals surface area contributed by atoms with Gasteiger partial charge in [-0.15, -0.1) is 0 Å². The minimum absolute atomic E-state index is 0.126. The highest BCUT2D eigenvalue weighted by Crippen LogP contribution is 2.20. The standard InChI is InChI=1S/C18H22N2O2/c1-12-7-5-9-16(14(12)3)20-18(21)19-11-22-17-10-6-8-13(2)15(17)4/h5-10H,11H2,1-4H3,(H2,19,20,21). The Kier molecular flexibility index (Phi) is 5.04. The topological polar surface area (TPSA) is 50.4 Å². The average Bonchev–Trinajstić information content (AvgIpc) is 2.48. The fraction of sp³-hybridized carbons (Fsp3) is 0.278. The highest BCUT2D eigenvalue weighted by Gasteiger charge is 2.06. The largest absolute Gasteiger partial charge is 0.473 e. The molecule has 2 rings (SSSR count). The number of rotatable bonds is 4. The predicted molar refractivity (Wildman–Crippen MR) is 89.5 cm³/mol. The van der Waals surface area contributed by atoms with Crippen LogP contribution in [0.3, 0.4) is 0 Å². The number of amides is 2. The van der Waals surface area contributed by atoms with Crippen molar-refractivity contribution in [1.82, 2.24) is 5.32 Å². The minimum Gasteiger partial charge on any atom is -0.473 e. The van der Waals surface area contributed by atoms with E-state index in [1.807, 2.05) is 64.1 Å². The molecule has 0 saturated heterocycles. The van der Waals surface area contributed by atoms with E-state index in [9.17, 15) is 4.79 Å². The summed E-state index contributed by atoms with van der Waals surface area (Å²) in [5.41, 5.74) is 5.26. The molecule has 4 heteroatoms. The molecule has 4 nitrogen and oxygen atoms in total. The quantitative estimate of drug-likeness (QED) is 0.836. The van der Waals surface area contributed by atoms with Crippen LogP contribution < -0.4 is 15.4 Å². The van der Waals surface area contributed by atoms with Crippen molar-refractivity contribution in [3.05, 3.63) is 58.7 Å². The van der Waals surface area contributed by atoms with Gasteiger partial charge in [-0.05, 0) is 62.1 Å². The SMILES string of the molecule is Cc1cccc(NC(=O)NCOc2cccc(C)c2C)c1C. The summed E-state index contributed by atoms with van der Waals surface area (Å²) in [5, 5.41) is 5.53. The number of urea groups is 1. The molecule has 2 N–H and O–H groups in total. The van der Waals surface area contributed by atoms with Gasteiger partial charge < -0.3 is 15.4 Å². The smallest absolute Gasteiger partial charge is 0.321 e. The maximum atomic E-state index is 11.9. The molecule has 22 heavy (non-hydrogen) atoms. The molecule has 0 bridgehead atoms. The Hall–Kier alpha value is -2.49. The third-order valence-corrected chi connectivity index (χ3v) is 3.87. The zero-order chi connectivity index (χ0) is 16.1. The van der Waals surface area contributed by atoms with Gasteiger partial charge in [0.1, 0.15) is 5.75 Å². The molecular weight excluding hydrogens is 276 g/mol. The molecule has 2 amide bonds. The van der Waals surface area contributed by atoms with E-state index in [4.69, 9.17) is 4.74 Å². The molecule has 0 aromatic heterocycles. The van der Waals surface area contributed by atoms with Gasteiger partial charge in [-0.3, -0.25) is 0 Å². The number of benzene rings is 2. The molecule has 0 fully saturated rings. The summed E-state index contributed by atoms with van der Waals surface area (Å²) in [5.74, 6) is 0.784. The lowest BCUT2D eigenvalue weighted by Crippen LogP contribution is -2.32. The highest BCUT2D eigenvalue weighted by molar-refractivity contribution is 5.90. The molecule has 0 aliphatic rings. The van der Waals surface area contributed by atoms with Crippen molar-refractivity contribution in [3.63, 3.8) is 0 Å². The summed E-state index contributed by atoms with van der Waals surface area (Å²) >= 11 is 0. The van der Waals surface area contributed by atoms with Crippen molar-refractivity contribution < 1.29 is 9.53 Å². The second-order valence-corrected chi connectivity index (χ2v) is 5.37. The van der Waals surface area contributed by atoms with Gasteiger partial charge in [0, 0.05) is 5.69 Å². The van der Waals surface area contributed by atoms with Crippen LogP contribution in [0.25, 0.3) is 0 Å². The second-order valence-electron chi connectivity index (χ2n) is 5.37. The first kappa shape index (κ1) is 15.9. The average molecular weight is 298 g/mol. The maximum absolute atomic E-state index is 11.9. The number of hydrogen-bond acceptors (Lipinski definition) is 2. The predicted octanol–water partition coefficient (Wildman–Crippen LogP) is 4.08. The molecule has 2 aromatic rings. The molecule has 0 atom stereocenters. The molecule has 0 radical (unpaired) electrons. The van der Waals surface area contributed by atoms with Crippen LogP contribution in [0.15, 0.2) is 36.4 Å². The molecule has 116 valence electrons. The van der Waals surface area contributed by atoms with Crippen molar-refractivity contribution in [2.45, 2.75) is 27.7 Å². The van der Waals surface area contributed by atoms with E-state index in [0.717, 1.165) is 33.7 Å². The van der Waals surface area contributed by atoms with Crippen LogP contribution in [0, 0.1) is 27.7 Å². The maximum Gasteiger partial charge on any atom is 0.321 e. The van der Waals surface area contributed by atoms with E-state index < -0.39 is 0 Å².